The van der Waals surface area contributed by atoms with Crippen LogP contribution in [0.5, 0.6) is 0 Å². The minimum atomic E-state index is -3.54. The van der Waals surface area contributed by atoms with Crippen LogP contribution in [0.1, 0.15) is 69.2 Å². The van der Waals surface area contributed by atoms with Gasteiger partial charge in [0.25, 0.3) is 25.0 Å². The van der Waals surface area contributed by atoms with E-state index in [4.69, 9.17) is 27.5 Å². The Morgan fingerprint density at radius 2 is 0.779 bits per heavy atom. The molecule has 0 unspecified atom stereocenters. The first-order valence-corrected chi connectivity index (χ1v) is 32.5. The maximum absolute atomic E-state index is 13.1. The summed E-state index contributed by atoms with van der Waals surface area (Å²) in [7, 11) is -10.1. The maximum atomic E-state index is 13.1. The van der Waals surface area contributed by atoms with Gasteiger partial charge >= 0.3 is 0 Å². The first-order valence-electron chi connectivity index (χ1n) is 26.8. The van der Waals surface area contributed by atoms with Crippen LogP contribution in [0, 0.1) is 0 Å². The van der Waals surface area contributed by atoms with Crippen molar-refractivity contribution in [2.24, 2.45) is 0 Å². The Bertz CT molecular complexity index is 2680. The second-order valence-electron chi connectivity index (χ2n) is 23.6. The van der Waals surface area contributed by atoms with Gasteiger partial charge in [-0.15, -0.1) is 0 Å². The zero-order chi connectivity index (χ0) is 55.4. The molecule has 0 aromatic heterocycles. The van der Waals surface area contributed by atoms with E-state index in [1.54, 1.807) is 0 Å². The van der Waals surface area contributed by atoms with E-state index >= 15 is 0 Å². The predicted octanol–water partition coefficient (Wildman–Crippen LogP) is 5.50. The van der Waals surface area contributed by atoms with E-state index in [2.05, 4.69) is 116 Å². The average molecular weight is 1100 g/mol. The number of aliphatic hydroxyl groups excluding tert-OH is 4. The molecular formula is C62H79NO11Si3. The number of rotatable bonds is 17. The van der Waals surface area contributed by atoms with Gasteiger partial charge in [-0.3, -0.25) is 4.79 Å². The molecule has 0 radical (unpaired) electrons. The van der Waals surface area contributed by atoms with Gasteiger partial charge in [-0.2, -0.15) is 0 Å². The van der Waals surface area contributed by atoms with Gasteiger partial charge in [0.05, 0.1) is 13.2 Å². The van der Waals surface area contributed by atoms with Gasteiger partial charge in [0.1, 0.15) is 48.8 Å². The Morgan fingerprint density at radius 1 is 0.455 bits per heavy atom. The summed E-state index contributed by atoms with van der Waals surface area (Å²) in [4.78, 5) is 12.7. The Balaban J connectivity index is 1.25. The highest BCUT2D eigenvalue weighted by molar-refractivity contribution is 7.00. The van der Waals surface area contributed by atoms with Crippen molar-refractivity contribution in [2.45, 2.75) is 146 Å². The van der Waals surface area contributed by atoms with Crippen LogP contribution in [0.15, 0.2) is 182 Å². The van der Waals surface area contributed by atoms with Crippen LogP contribution >= 0.6 is 0 Å². The Morgan fingerprint density at radius 3 is 1.10 bits per heavy atom. The van der Waals surface area contributed by atoms with Crippen molar-refractivity contribution in [3.63, 3.8) is 0 Å². The number of carbonyl (C=O) groups excluding carboxylic acids is 1. The van der Waals surface area contributed by atoms with Crippen molar-refractivity contribution in [1.82, 2.24) is 5.32 Å². The molecule has 8 rings (SSSR count). The summed E-state index contributed by atoms with van der Waals surface area (Å²) in [6.07, 6.45) is -13.2. The van der Waals surface area contributed by atoms with E-state index in [1.165, 1.54) is 6.92 Å². The van der Waals surface area contributed by atoms with Gasteiger partial charge in [-0.25, -0.2) is 0 Å². The summed E-state index contributed by atoms with van der Waals surface area (Å²) in [5, 5.41) is 57.4. The molecule has 2 aliphatic heterocycles. The van der Waals surface area contributed by atoms with Crippen molar-refractivity contribution >= 4 is 62.0 Å². The Labute approximate surface area is 458 Å². The van der Waals surface area contributed by atoms with Gasteiger partial charge in [-0.05, 0) is 46.2 Å². The topological polar surface area (TPSA) is 165 Å². The smallest absolute Gasteiger partial charge is 0.261 e. The zero-order valence-electron chi connectivity index (χ0n) is 46.2. The van der Waals surface area contributed by atoms with Crippen LogP contribution in [-0.2, 0) is 32.3 Å². The number of nitrogens with one attached hydrogen (secondary N) is 1. The number of hydrogen-bond donors (Lipinski definition) is 5. The predicted molar refractivity (Wildman–Crippen MR) is 310 cm³/mol. The number of benzene rings is 6. The van der Waals surface area contributed by atoms with Crippen LogP contribution < -0.4 is 36.4 Å². The molecule has 2 saturated heterocycles. The lowest BCUT2D eigenvalue weighted by Crippen LogP contribution is -2.73. The van der Waals surface area contributed by atoms with Gasteiger partial charge in [-0.1, -0.05) is 244 Å². The van der Waals surface area contributed by atoms with Crippen LogP contribution in [0.3, 0.4) is 0 Å². The van der Waals surface area contributed by atoms with Crippen molar-refractivity contribution in [3.05, 3.63) is 182 Å². The SMILES string of the molecule is CC(=O)N[C@@H]1[C@@H](O)[C@H](O[C@@H]2O[C@H](CO[Si](c3ccccc3)(c3ccccc3)C(C)(C)C)[C@H](O)[C@H](O[Si](c3ccccc3)(c3ccccc3)C(C)(C)C)[C@H]2O)[C@@H](CO[Si](c2ccccc2)(c2ccccc2)C(C)(C)C)O[C@H]1O. The molecule has 5 N–H and O–H groups in total. The molecule has 0 aliphatic carbocycles. The molecule has 410 valence electrons. The highest BCUT2D eigenvalue weighted by atomic mass is 28.4. The lowest BCUT2D eigenvalue weighted by molar-refractivity contribution is -0.343. The Hall–Kier alpha value is -4.96. The number of ether oxygens (including phenoxy) is 3. The van der Waals surface area contributed by atoms with Crippen LogP contribution in [0.4, 0.5) is 0 Å². The minimum absolute atomic E-state index is 0.154. The van der Waals surface area contributed by atoms with Crippen LogP contribution in [0.25, 0.3) is 0 Å². The molecule has 10 atom stereocenters. The molecule has 2 fully saturated rings. The quantitative estimate of drug-likeness (QED) is 0.0734. The van der Waals surface area contributed by atoms with Gasteiger partial charge in [0, 0.05) is 6.92 Å². The second kappa shape index (κ2) is 23.8. The lowest BCUT2D eigenvalue weighted by atomic mass is 9.95. The summed E-state index contributed by atoms with van der Waals surface area (Å²) in [6, 6.07) is 59.1. The number of carbonyl (C=O) groups is 1. The highest BCUT2D eigenvalue weighted by Crippen LogP contribution is 2.43. The maximum Gasteiger partial charge on any atom is 0.261 e. The molecule has 77 heavy (non-hydrogen) atoms. The third-order valence-corrected chi connectivity index (χ3v) is 30.5. The summed E-state index contributed by atoms with van der Waals surface area (Å²) >= 11 is 0. The molecular weight excluding hydrogens is 1020 g/mol. The van der Waals surface area contributed by atoms with Crippen molar-refractivity contribution in [2.75, 3.05) is 13.2 Å². The number of aliphatic hydroxyl groups is 4. The van der Waals surface area contributed by atoms with Crippen molar-refractivity contribution in [3.8, 4) is 0 Å². The molecule has 0 bridgehead atoms. The number of amides is 1. The van der Waals surface area contributed by atoms with E-state index < -0.39 is 107 Å². The summed E-state index contributed by atoms with van der Waals surface area (Å²) in [5.74, 6) is -0.520. The molecule has 2 heterocycles. The lowest BCUT2D eigenvalue weighted by Gasteiger charge is -2.52. The average Bonchev–Trinajstić information content (AvgIpc) is 3.54. The molecule has 6 aromatic rings. The number of hydrogen-bond acceptors (Lipinski definition) is 11. The standard InChI is InChI=1S/C62H79NO11Si3/c1-43(64)63-52-54(66)56(51(71-58(52)68)42-70-76(61(5,6)7,46-33-21-13-22-34-46)47-35-23-14-24-36-47)73-59-55(67)57(74-77(62(8,9)10,48-37-25-15-26-38-48)49-39-27-16-28-40-49)53(65)50(72-59)41-69-75(60(2,3)4,44-29-17-11-18-30-44)45-31-19-12-20-32-45/h11-40,50-59,65-68H,41-42H2,1-10H3,(H,63,64)/t50-,51-,52-,53+,54-,55-,56-,57+,58-,59+/m1/s1. The highest BCUT2D eigenvalue weighted by Gasteiger charge is 2.59. The van der Waals surface area contributed by atoms with Crippen LogP contribution in [0.2, 0.25) is 15.1 Å². The molecule has 0 spiro atoms. The first kappa shape index (κ1) is 58.2. The fraction of sp³-hybridized carbons (Fsp3) is 0.403. The molecule has 2 aliphatic rings. The molecule has 12 nitrogen and oxygen atoms in total. The normalized spacial score (nSPS) is 24.8. The molecule has 1 amide bonds. The second-order valence-corrected chi connectivity index (χ2v) is 36.5. The van der Waals surface area contributed by atoms with E-state index in [1.807, 2.05) is 133 Å². The fourth-order valence-corrected chi connectivity index (χ4v) is 25.7. The largest absolute Gasteiger partial charge is 0.405 e. The van der Waals surface area contributed by atoms with Gasteiger partial charge < -0.3 is 53.2 Å². The van der Waals surface area contributed by atoms with Crippen molar-refractivity contribution in [1.29, 1.82) is 0 Å². The summed E-state index contributed by atoms with van der Waals surface area (Å²) < 4.78 is 42.8. The molecule has 6 aromatic carbocycles. The minimum Gasteiger partial charge on any atom is -0.405 e. The van der Waals surface area contributed by atoms with Crippen molar-refractivity contribution < 1.29 is 52.7 Å². The van der Waals surface area contributed by atoms with Crippen LogP contribution in [-0.4, -0.2) is 126 Å². The summed E-state index contributed by atoms with van der Waals surface area (Å²) in [5.41, 5.74) is 0. The van der Waals surface area contributed by atoms with E-state index in [9.17, 15) is 25.2 Å². The summed E-state index contributed by atoms with van der Waals surface area (Å²) in [6.45, 7) is 20.2. The van der Waals surface area contributed by atoms with E-state index in [0.717, 1.165) is 31.1 Å². The van der Waals surface area contributed by atoms with E-state index in [0.29, 0.717) is 0 Å². The molecule has 15 heteroatoms. The third-order valence-electron chi connectivity index (χ3n) is 15.5. The van der Waals surface area contributed by atoms with Gasteiger partial charge in [0.2, 0.25) is 5.91 Å². The van der Waals surface area contributed by atoms with Gasteiger partial charge in [0.15, 0.2) is 12.6 Å². The fourth-order valence-electron chi connectivity index (χ4n) is 11.9. The Kier molecular flexibility index (Phi) is 18.0. The zero-order valence-corrected chi connectivity index (χ0v) is 49.2. The monoisotopic (exact) mass is 1100 g/mol. The third kappa shape index (κ3) is 11.6. The molecule has 0 saturated carbocycles. The van der Waals surface area contributed by atoms with E-state index in [-0.39, 0.29) is 13.2 Å². The first-order chi connectivity index (χ1) is 36.6.